The quantitative estimate of drug-likeness (QED) is 0.484. The number of amides is 1. The van der Waals surface area contributed by atoms with Gasteiger partial charge in [0.2, 0.25) is 15.9 Å². The number of carbonyl (C=O) groups excluding carboxylic acids is 1. The van der Waals surface area contributed by atoms with Gasteiger partial charge in [-0.2, -0.15) is 4.31 Å². The molecular formula is C24H25BrN2O3S. The Labute approximate surface area is 192 Å². The molecule has 5 nitrogen and oxygen atoms in total. The molecule has 162 valence electrons. The van der Waals surface area contributed by atoms with Crippen LogP contribution in [0.3, 0.4) is 0 Å². The van der Waals surface area contributed by atoms with E-state index in [4.69, 9.17) is 0 Å². The third kappa shape index (κ3) is 6.26. The Balaban J connectivity index is 1.88. The van der Waals surface area contributed by atoms with Crippen LogP contribution in [0.2, 0.25) is 0 Å². The number of aryl methyl sites for hydroxylation is 3. The number of benzene rings is 3. The van der Waals surface area contributed by atoms with Crippen LogP contribution in [-0.4, -0.2) is 25.2 Å². The van der Waals surface area contributed by atoms with Crippen molar-refractivity contribution in [1.29, 1.82) is 0 Å². The normalized spacial score (nSPS) is 11.5. The number of halogens is 1. The summed E-state index contributed by atoms with van der Waals surface area (Å²) < 4.78 is 28.8. The minimum atomic E-state index is -3.87. The van der Waals surface area contributed by atoms with Crippen molar-refractivity contribution in [2.45, 2.75) is 32.2 Å². The highest BCUT2D eigenvalue weighted by Crippen LogP contribution is 2.21. The second kappa shape index (κ2) is 9.77. The van der Waals surface area contributed by atoms with E-state index in [9.17, 15) is 13.2 Å². The molecule has 3 aromatic carbocycles. The number of rotatable bonds is 7. The molecule has 0 spiro atoms. The van der Waals surface area contributed by atoms with E-state index < -0.39 is 15.9 Å². The van der Waals surface area contributed by atoms with Crippen molar-refractivity contribution in [3.05, 3.63) is 93.5 Å². The first kappa shape index (κ1) is 23.2. The van der Waals surface area contributed by atoms with Crippen LogP contribution in [0.1, 0.15) is 22.3 Å². The highest BCUT2D eigenvalue weighted by atomic mass is 79.9. The Hall–Kier alpha value is -2.48. The molecule has 1 N–H and O–H groups in total. The molecule has 0 atom stereocenters. The standard InChI is InChI=1S/C24H25BrN2O3S/c1-17-4-10-23(11-5-17)31(29,30)27(15-20-6-8-21(25)9-7-20)16-24(28)26-22-13-18(2)12-19(3)14-22/h4-14H,15-16H2,1-3H3,(H,26,28). The van der Waals surface area contributed by atoms with Gasteiger partial charge < -0.3 is 5.32 Å². The van der Waals surface area contributed by atoms with Crippen LogP contribution in [0.5, 0.6) is 0 Å². The van der Waals surface area contributed by atoms with Crippen molar-refractivity contribution in [3.8, 4) is 0 Å². The van der Waals surface area contributed by atoms with Gasteiger partial charge in [-0.15, -0.1) is 0 Å². The lowest BCUT2D eigenvalue weighted by Crippen LogP contribution is -2.37. The van der Waals surface area contributed by atoms with Crippen molar-refractivity contribution in [1.82, 2.24) is 4.31 Å². The maximum atomic E-state index is 13.3. The molecule has 3 rings (SSSR count). The Morgan fingerprint density at radius 3 is 2.03 bits per heavy atom. The van der Waals surface area contributed by atoms with E-state index in [0.717, 1.165) is 26.7 Å². The third-order valence-corrected chi connectivity index (χ3v) is 7.09. The molecule has 31 heavy (non-hydrogen) atoms. The van der Waals surface area contributed by atoms with Gasteiger partial charge >= 0.3 is 0 Å². The molecule has 0 aliphatic heterocycles. The fraction of sp³-hybridized carbons (Fsp3) is 0.208. The number of nitrogens with one attached hydrogen (secondary N) is 1. The Kier molecular flexibility index (Phi) is 7.30. The van der Waals surface area contributed by atoms with E-state index >= 15 is 0 Å². The molecule has 0 aliphatic rings. The SMILES string of the molecule is Cc1ccc(S(=O)(=O)N(CC(=O)Nc2cc(C)cc(C)c2)Cc2ccc(Br)cc2)cc1. The van der Waals surface area contributed by atoms with Crippen LogP contribution in [0.4, 0.5) is 5.69 Å². The largest absolute Gasteiger partial charge is 0.325 e. The number of anilines is 1. The second-order valence-electron chi connectivity index (χ2n) is 7.64. The molecular weight excluding hydrogens is 476 g/mol. The van der Waals surface area contributed by atoms with E-state index in [1.807, 2.05) is 63.2 Å². The van der Waals surface area contributed by atoms with E-state index in [-0.39, 0.29) is 18.0 Å². The van der Waals surface area contributed by atoms with Crippen molar-refractivity contribution in [2.24, 2.45) is 0 Å². The van der Waals surface area contributed by atoms with Gasteiger partial charge in [0.1, 0.15) is 0 Å². The lowest BCUT2D eigenvalue weighted by atomic mass is 10.1. The maximum Gasteiger partial charge on any atom is 0.243 e. The molecule has 0 heterocycles. The first-order chi connectivity index (χ1) is 14.6. The molecule has 0 saturated heterocycles. The minimum Gasteiger partial charge on any atom is -0.325 e. The van der Waals surface area contributed by atoms with E-state index in [2.05, 4.69) is 21.2 Å². The van der Waals surface area contributed by atoms with Crippen LogP contribution >= 0.6 is 15.9 Å². The smallest absolute Gasteiger partial charge is 0.243 e. The topological polar surface area (TPSA) is 66.5 Å². The summed E-state index contributed by atoms with van der Waals surface area (Å²) in [5.41, 5.74) is 4.45. The highest BCUT2D eigenvalue weighted by Gasteiger charge is 2.27. The van der Waals surface area contributed by atoms with Crippen LogP contribution in [0.15, 0.2) is 76.1 Å². The van der Waals surface area contributed by atoms with Gasteiger partial charge in [-0.1, -0.05) is 51.8 Å². The van der Waals surface area contributed by atoms with Gasteiger partial charge in [0.25, 0.3) is 0 Å². The zero-order chi connectivity index (χ0) is 22.6. The van der Waals surface area contributed by atoms with Crippen LogP contribution in [-0.2, 0) is 21.4 Å². The van der Waals surface area contributed by atoms with Crippen LogP contribution in [0, 0.1) is 20.8 Å². The summed E-state index contributed by atoms with van der Waals surface area (Å²) in [5.74, 6) is -0.391. The Morgan fingerprint density at radius 1 is 0.871 bits per heavy atom. The van der Waals surface area contributed by atoms with Gasteiger partial charge in [-0.05, 0) is 73.9 Å². The van der Waals surface area contributed by atoms with Crippen LogP contribution < -0.4 is 5.32 Å². The van der Waals surface area contributed by atoms with Gasteiger partial charge in [-0.25, -0.2) is 8.42 Å². The number of sulfonamides is 1. The number of nitrogens with zero attached hydrogens (tertiary/aromatic N) is 1. The molecule has 0 aliphatic carbocycles. The fourth-order valence-electron chi connectivity index (χ4n) is 3.29. The lowest BCUT2D eigenvalue weighted by Gasteiger charge is -2.22. The van der Waals surface area contributed by atoms with Crippen LogP contribution in [0.25, 0.3) is 0 Å². The molecule has 3 aromatic rings. The first-order valence-electron chi connectivity index (χ1n) is 9.83. The number of hydrogen-bond acceptors (Lipinski definition) is 3. The Morgan fingerprint density at radius 2 is 1.45 bits per heavy atom. The zero-order valence-corrected chi connectivity index (χ0v) is 20.1. The predicted octanol–water partition coefficient (Wildman–Crippen LogP) is 5.20. The van der Waals surface area contributed by atoms with Crippen molar-refractivity contribution in [3.63, 3.8) is 0 Å². The van der Waals surface area contributed by atoms with Gasteiger partial charge in [0.15, 0.2) is 0 Å². The van der Waals surface area contributed by atoms with Gasteiger partial charge in [0, 0.05) is 16.7 Å². The summed E-state index contributed by atoms with van der Waals surface area (Å²) in [4.78, 5) is 13.0. The average Bonchev–Trinajstić information content (AvgIpc) is 2.68. The monoisotopic (exact) mass is 500 g/mol. The summed E-state index contributed by atoms with van der Waals surface area (Å²) in [6.07, 6.45) is 0. The molecule has 0 fully saturated rings. The maximum absolute atomic E-state index is 13.3. The molecule has 0 radical (unpaired) electrons. The minimum absolute atomic E-state index is 0.0871. The zero-order valence-electron chi connectivity index (χ0n) is 17.7. The van der Waals surface area contributed by atoms with Crippen molar-refractivity contribution >= 4 is 37.5 Å². The molecule has 0 unspecified atom stereocenters. The highest BCUT2D eigenvalue weighted by molar-refractivity contribution is 9.10. The second-order valence-corrected chi connectivity index (χ2v) is 10.5. The van der Waals surface area contributed by atoms with E-state index in [0.29, 0.717) is 5.69 Å². The number of carbonyl (C=O) groups is 1. The first-order valence-corrected chi connectivity index (χ1v) is 12.1. The fourth-order valence-corrected chi connectivity index (χ4v) is 4.93. The third-order valence-electron chi connectivity index (χ3n) is 4.76. The molecule has 0 saturated carbocycles. The lowest BCUT2D eigenvalue weighted by molar-refractivity contribution is -0.116. The average molecular weight is 501 g/mol. The van der Waals surface area contributed by atoms with E-state index in [1.54, 1.807) is 24.3 Å². The summed E-state index contributed by atoms with van der Waals surface area (Å²) in [6.45, 7) is 5.59. The molecule has 7 heteroatoms. The predicted molar refractivity (Wildman–Crippen MR) is 127 cm³/mol. The summed E-state index contributed by atoms with van der Waals surface area (Å²) in [7, 11) is -3.87. The van der Waals surface area contributed by atoms with E-state index in [1.165, 1.54) is 4.31 Å². The summed E-state index contributed by atoms with van der Waals surface area (Å²) in [5, 5.41) is 2.83. The number of hydrogen-bond donors (Lipinski definition) is 1. The molecule has 0 aromatic heterocycles. The molecule has 0 bridgehead atoms. The van der Waals surface area contributed by atoms with Gasteiger partial charge in [-0.3, -0.25) is 4.79 Å². The van der Waals surface area contributed by atoms with Crippen molar-refractivity contribution < 1.29 is 13.2 Å². The van der Waals surface area contributed by atoms with Gasteiger partial charge in [0.05, 0.1) is 11.4 Å². The summed E-state index contributed by atoms with van der Waals surface area (Å²) >= 11 is 3.39. The summed E-state index contributed by atoms with van der Waals surface area (Å²) in [6, 6.07) is 19.7. The molecule has 1 amide bonds. The van der Waals surface area contributed by atoms with Crippen molar-refractivity contribution in [2.75, 3.05) is 11.9 Å². The Bertz CT molecular complexity index is 1150.